The van der Waals surface area contributed by atoms with Crippen molar-refractivity contribution in [3.63, 3.8) is 0 Å². The molecule has 0 bridgehead atoms. The summed E-state index contributed by atoms with van der Waals surface area (Å²) in [7, 11) is 0. The van der Waals surface area contributed by atoms with Crippen LogP contribution in [0.4, 0.5) is 10.5 Å². The summed E-state index contributed by atoms with van der Waals surface area (Å²) in [5.41, 5.74) is 2.23. The third-order valence-electron chi connectivity index (χ3n) is 5.99. The number of ether oxygens (including phenoxy) is 1. The van der Waals surface area contributed by atoms with Gasteiger partial charge in [-0.25, -0.2) is 4.79 Å². The number of nitrogens with one attached hydrogen (secondary N) is 1. The van der Waals surface area contributed by atoms with E-state index < -0.39 is 6.09 Å². The largest absolute Gasteiger partial charge is 0.465 e. The van der Waals surface area contributed by atoms with Crippen molar-refractivity contribution in [1.82, 2.24) is 14.7 Å². The van der Waals surface area contributed by atoms with E-state index in [0.29, 0.717) is 36.9 Å². The number of hydrogen-bond donors (Lipinski definition) is 2. The van der Waals surface area contributed by atoms with E-state index in [1.165, 1.54) is 0 Å². The quantitative estimate of drug-likeness (QED) is 0.726. The summed E-state index contributed by atoms with van der Waals surface area (Å²) < 4.78 is 7.13. The minimum absolute atomic E-state index is 0.0218. The molecule has 2 fully saturated rings. The van der Waals surface area contributed by atoms with Gasteiger partial charge in [-0.1, -0.05) is 12.1 Å². The Labute approximate surface area is 175 Å². The first-order valence-electron chi connectivity index (χ1n) is 10.6. The van der Waals surface area contributed by atoms with Crippen LogP contribution in [0.5, 0.6) is 0 Å². The standard InChI is InChI=1S/C22H28N4O4/c1-2-25-14-18(12-23-25)24-21(27)17-5-3-4-16(10-17)19-11-20(19)26(22(28)29)13-15-6-8-30-9-7-15/h3-5,10,12,14-15,19-20H,2,6-9,11,13H2,1H3,(H,24,27)(H,28,29). The minimum Gasteiger partial charge on any atom is -0.465 e. The van der Waals surface area contributed by atoms with Crippen LogP contribution in [0.25, 0.3) is 0 Å². The van der Waals surface area contributed by atoms with Crippen LogP contribution in [-0.4, -0.2) is 57.6 Å². The van der Waals surface area contributed by atoms with E-state index in [1.54, 1.807) is 28.0 Å². The topological polar surface area (TPSA) is 96.7 Å². The van der Waals surface area contributed by atoms with Crippen LogP contribution in [-0.2, 0) is 11.3 Å². The van der Waals surface area contributed by atoms with Crippen molar-refractivity contribution in [2.45, 2.75) is 44.7 Å². The van der Waals surface area contributed by atoms with Crippen LogP contribution in [0.15, 0.2) is 36.7 Å². The van der Waals surface area contributed by atoms with E-state index in [0.717, 1.165) is 31.4 Å². The molecule has 0 radical (unpaired) electrons. The summed E-state index contributed by atoms with van der Waals surface area (Å²) >= 11 is 0. The highest BCUT2D eigenvalue weighted by atomic mass is 16.5. The van der Waals surface area contributed by atoms with Crippen LogP contribution >= 0.6 is 0 Å². The predicted octanol–water partition coefficient (Wildman–Crippen LogP) is 3.42. The first kappa shape index (κ1) is 20.4. The van der Waals surface area contributed by atoms with E-state index in [-0.39, 0.29) is 17.9 Å². The normalized spacial score (nSPS) is 21.2. The highest BCUT2D eigenvalue weighted by Crippen LogP contribution is 2.45. The summed E-state index contributed by atoms with van der Waals surface area (Å²) in [6.45, 7) is 4.70. The second kappa shape index (κ2) is 8.87. The van der Waals surface area contributed by atoms with Gasteiger partial charge in [0.25, 0.3) is 5.91 Å². The van der Waals surface area contributed by atoms with E-state index >= 15 is 0 Å². The Morgan fingerprint density at radius 1 is 1.33 bits per heavy atom. The third kappa shape index (κ3) is 4.64. The van der Waals surface area contributed by atoms with Gasteiger partial charge in [-0.2, -0.15) is 5.10 Å². The molecule has 2 heterocycles. The zero-order valence-corrected chi connectivity index (χ0v) is 17.2. The molecule has 0 spiro atoms. The fourth-order valence-corrected chi connectivity index (χ4v) is 4.16. The Morgan fingerprint density at radius 3 is 2.83 bits per heavy atom. The van der Waals surface area contributed by atoms with Crippen LogP contribution in [0.3, 0.4) is 0 Å². The Morgan fingerprint density at radius 2 is 2.13 bits per heavy atom. The van der Waals surface area contributed by atoms with Gasteiger partial charge in [0.1, 0.15) is 0 Å². The van der Waals surface area contributed by atoms with Gasteiger partial charge in [-0.3, -0.25) is 9.48 Å². The molecule has 30 heavy (non-hydrogen) atoms. The van der Waals surface area contributed by atoms with Gasteiger partial charge in [0, 0.05) is 50.0 Å². The van der Waals surface area contributed by atoms with Crippen molar-refractivity contribution in [3.05, 3.63) is 47.8 Å². The Kier molecular flexibility index (Phi) is 6.03. The zero-order chi connectivity index (χ0) is 21.1. The molecular formula is C22H28N4O4. The molecule has 1 aromatic carbocycles. The number of benzene rings is 1. The van der Waals surface area contributed by atoms with Crippen LogP contribution in [0.2, 0.25) is 0 Å². The Bertz CT molecular complexity index is 906. The van der Waals surface area contributed by atoms with Gasteiger partial charge in [-0.15, -0.1) is 0 Å². The average Bonchev–Trinajstić information content (AvgIpc) is 3.43. The van der Waals surface area contributed by atoms with E-state index in [9.17, 15) is 14.7 Å². The third-order valence-corrected chi connectivity index (χ3v) is 5.99. The van der Waals surface area contributed by atoms with Crippen molar-refractivity contribution in [1.29, 1.82) is 0 Å². The molecule has 2 aliphatic rings. The predicted molar refractivity (Wildman–Crippen MR) is 112 cm³/mol. The molecule has 160 valence electrons. The Hall–Kier alpha value is -2.87. The molecule has 1 aromatic heterocycles. The molecule has 1 aliphatic heterocycles. The van der Waals surface area contributed by atoms with Crippen molar-refractivity contribution in [2.24, 2.45) is 5.92 Å². The first-order chi connectivity index (χ1) is 14.5. The number of nitrogens with zero attached hydrogens (tertiary/aromatic N) is 3. The van der Waals surface area contributed by atoms with E-state index in [4.69, 9.17) is 4.74 Å². The number of rotatable bonds is 7. The number of carbonyl (C=O) groups excluding carboxylic acids is 1. The number of carbonyl (C=O) groups is 2. The molecule has 4 rings (SSSR count). The van der Waals surface area contributed by atoms with Crippen molar-refractivity contribution in [3.8, 4) is 0 Å². The second-order valence-electron chi connectivity index (χ2n) is 8.06. The summed E-state index contributed by atoms with van der Waals surface area (Å²) in [6, 6.07) is 7.46. The highest BCUT2D eigenvalue weighted by molar-refractivity contribution is 6.04. The summed E-state index contributed by atoms with van der Waals surface area (Å²) in [6.07, 6.45) is 5.17. The van der Waals surface area contributed by atoms with Gasteiger partial charge in [0.15, 0.2) is 0 Å². The number of carboxylic acid groups (broad SMARTS) is 1. The molecule has 2 unspecified atom stereocenters. The molecule has 2 N–H and O–H groups in total. The lowest BCUT2D eigenvalue weighted by Crippen LogP contribution is -2.38. The molecule has 1 saturated carbocycles. The average molecular weight is 412 g/mol. The number of aryl methyl sites for hydroxylation is 1. The van der Waals surface area contributed by atoms with Gasteiger partial charge >= 0.3 is 6.09 Å². The number of amides is 2. The van der Waals surface area contributed by atoms with Crippen molar-refractivity contribution in [2.75, 3.05) is 25.1 Å². The fraction of sp³-hybridized carbons (Fsp3) is 0.500. The summed E-state index contributed by atoms with van der Waals surface area (Å²) in [5, 5.41) is 16.8. The van der Waals surface area contributed by atoms with E-state index in [1.807, 2.05) is 25.1 Å². The fourth-order valence-electron chi connectivity index (χ4n) is 4.16. The molecule has 2 amide bonds. The number of anilines is 1. The molecule has 1 aliphatic carbocycles. The lowest BCUT2D eigenvalue weighted by molar-refractivity contribution is 0.0506. The number of aromatic nitrogens is 2. The molecule has 1 saturated heterocycles. The van der Waals surface area contributed by atoms with Crippen LogP contribution in [0, 0.1) is 5.92 Å². The lowest BCUT2D eigenvalue weighted by atomic mass is 9.99. The first-order valence-corrected chi connectivity index (χ1v) is 10.6. The smallest absolute Gasteiger partial charge is 0.407 e. The molecule has 8 heteroatoms. The maximum atomic E-state index is 12.6. The van der Waals surface area contributed by atoms with Crippen molar-refractivity contribution < 1.29 is 19.4 Å². The zero-order valence-electron chi connectivity index (χ0n) is 17.2. The Balaban J connectivity index is 1.41. The number of hydrogen-bond acceptors (Lipinski definition) is 4. The van der Waals surface area contributed by atoms with Gasteiger partial charge in [-0.05, 0) is 49.8 Å². The molecule has 8 nitrogen and oxygen atoms in total. The second-order valence-corrected chi connectivity index (χ2v) is 8.06. The maximum absolute atomic E-state index is 12.6. The van der Waals surface area contributed by atoms with Gasteiger partial charge in [0.05, 0.1) is 11.9 Å². The SMILES string of the molecule is CCn1cc(NC(=O)c2cccc(C3CC3N(CC3CCOCC3)C(=O)O)c2)cn1. The monoisotopic (exact) mass is 412 g/mol. The summed E-state index contributed by atoms with van der Waals surface area (Å²) in [4.78, 5) is 26.1. The minimum atomic E-state index is -0.865. The van der Waals surface area contributed by atoms with Gasteiger partial charge < -0.3 is 20.1 Å². The van der Waals surface area contributed by atoms with E-state index in [2.05, 4.69) is 10.4 Å². The molecule has 2 aromatic rings. The lowest BCUT2D eigenvalue weighted by Gasteiger charge is -2.28. The molecule has 2 atom stereocenters. The highest BCUT2D eigenvalue weighted by Gasteiger charge is 2.45. The molecular weight excluding hydrogens is 384 g/mol. The van der Waals surface area contributed by atoms with Crippen molar-refractivity contribution >= 4 is 17.7 Å². The van der Waals surface area contributed by atoms with Crippen LogP contribution < -0.4 is 5.32 Å². The summed E-state index contributed by atoms with van der Waals surface area (Å²) in [5.74, 6) is 0.302. The van der Waals surface area contributed by atoms with Crippen LogP contribution in [0.1, 0.15) is 48.0 Å². The van der Waals surface area contributed by atoms with Gasteiger partial charge in [0.2, 0.25) is 0 Å². The maximum Gasteiger partial charge on any atom is 0.407 e.